The Morgan fingerprint density at radius 2 is 1.67 bits per heavy atom. The van der Waals surface area contributed by atoms with Crippen LogP contribution in [0.1, 0.15) is 40.3 Å². The molecule has 5 aromatic rings. The molecule has 46 heavy (non-hydrogen) atoms. The minimum atomic E-state index is -5.08. The first-order valence-corrected chi connectivity index (χ1v) is 13.9. The Morgan fingerprint density at radius 1 is 1.04 bits per heavy atom. The van der Waals surface area contributed by atoms with E-state index in [2.05, 4.69) is 10.6 Å². The van der Waals surface area contributed by atoms with Gasteiger partial charge in [-0.2, -0.15) is 13.2 Å². The van der Waals surface area contributed by atoms with Crippen LogP contribution in [0.2, 0.25) is 0 Å². The molecule has 13 nitrogen and oxygen atoms in total. The number of phenols is 3. The van der Waals surface area contributed by atoms with Crippen molar-refractivity contribution < 1.29 is 57.5 Å². The van der Waals surface area contributed by atoms with Crippen LogP contribution in [0.3, 0.4) is 0 Å². The number of aliphatic carboxylic acids is 1. The number of alkyl halides is 3. The number of likely N-dealkylation sites (N-methyl/N-ethyl adjacent to an activating group) is 1. The van der Waals surface area contributed by atoms with Gasteiger partial charge in [-0.1, -0.05) is 0 Å². The zero-order chi connectivity index (χ0) is 33.2. The third kappa shape index (κ3) is 3.65. The number of fused-ring (bicyclic) bond motifs is 13. The summed E-state index contributed by atoms with van der Waals surface area (Å²) in [5.74, 6) is -4.67. The number of hydrogen-bond acceptors (Lipinski definition) is 9. The molecule has 2 amide bonds. The third-order valence-corrected chi connectivity index (χ3v) is 9.05. The highest BCUT2D eigenvalue weighted by Gasteiger charge is 2.53. The number of phenolic OH excluding ortho intramolecular Hbond substituents is 3. The number of carboxylic acids is 1. The van der Waals surface area contributed by atoms with Crippen LogP contribution in [0.4, 0.5) is 13.2 Å². The van der Waals surface area contributed by atoms with Crippen LogP contribution >= 0.6 is 0 Å². The molecule has 240 valence electrons. The van der Waals surface area contributed by atoms with Crippen LogP contribution in [0.5, 0.6) is 17.2 Å². The highest BCUT2D eigenvalue weighted by Crippen LogP contribution is 2.55. The van der Waals surface area contributed by atoms with Crippen LogP contribution < -0.4 is 10.6 Å². The Kier molecular flexibility index (Phi) is 6.11. The van der Waals surface area contributed by atoms with E-state index < -0.39 is 47.8 Å². The van der Waals surface area contributed by atoms with Gasteiger partial charge in [0, 0.05) is 35.7 Å². The van der Waals surface area contributed by atoms with Gasteiger partial charge < -0.3 is 44.4 Å². The van der Waals surface area contributed by atoms with E-state index in [1.165, 1.54) is 6.07 Å². The SMILES string of the molecule is CN[C@@H]1C[C@H]2O[C@@](C)([C@@H]1OC)n1c3ccc(O)c(O)c3c3c4c(c5c6cc(O)ccc6n2c5c31)C(=O)NC4=O.O=C(O)C(F)(F)F. The number of benzene rings is 3. The molecular formula is C30H25F3N4O9. The average molecular weight is 643 g/mol. The van der Waals surface area contributed by atoms with Crippen molar-refractivity contribution in [2.24, 2.45) is 0 Å². The smallest absolute Gasteiger partial charge is 0.490 e. The molecule has 0 unspecified atom stereocenters. The predicted molar refractivity (Wildman–Crippen MR) is 155 cm³/mol. The maximum absolute atomic E-state index is 13.4. The van der Waals surface area contributed by atoms with Gasteiger partial charge in [0.05, 0.1) is 38.6 Å². The fourth-order valence-electron chi connectivity index (χ4n) is 7.40. The monoisotopic (exact) mass is 642 g/mol. The normalized spacial score (nSPS) is 23.6. The predicted octanol–water partition coefficient (Wildman–Crippen LogP) is 3.74. The molecule has 3 aromatic carbocycles. The van der Waals surface area contributed by atoms with E-state index in [9.17, 15) is 38.1 Å². The quantitative estimate of drug-likeness (QED) is 0.122. The van der Waals surface area contributed by atoms with Gasteiger partial charge in [0.1, 0.15) is 18.1 Å². The number of amides is 2. The summed E-state index contributed by atoms with van der Waals surface area (Å²) in [6.45, 7) is 1.91. The number of carbonyl (C=O) groups excluding carboxylic acids is 2. The lowest BCUT2D eigenvalue weighted by Crippen LogP contribution is -2.59. The molecule has 2 bridgehead atoms. The molecule has 0 aliphatic carbocycles. The molecule has 0 radical (unpaired) electrons. The number of methoxy groups -OCH3 is 1. The summed E-state index contributed by atoms with van der Waals surface area (Å²) >= 11 is 0. The maximum Gasteiger partial charge on any atom is 0.490 e. The van der Waals surface area contributed by atoms with Crippen LogP contribution in [0.25, 0.3) is 43.6 Å². The van der Waals surface area contributed by atoms with Crippen LogP contribution in [0, 0.1) is 0 Å². The first-order valence-electron chi connectivity index (χ1n) is 13.9. The van der Waals surface area contributed by atoms with E-state index in [0.29, 0.717) is 44.6 Å². The highest BCUT2D eigenvalue weighted by molar-refractivity contribution is 6.40. The molecule has 5 heterocycles. The Morgan fingerprint density at radius 3 is 2.28 bits per heavy atom. The number of hydrogen-bond donors (Lipinski definition) is 6. The fraction of sp³-hybridized carbons (Fsp3) is 0.300. The van der Waals surface area contributed by atoms with E-state index in [4.69, 9.17) is 19.4 Å². The van der Waals surface area contributed by atoms with Gasteiger partial charge in [0.2, 0.25) is 0 Å². The number of rotatable bonds is 2. The zero-order valence-corrected chi connectivity index (χ0v) is 24.2. The van der Waals surface area contributed by atoms with Crippen molar-refractivity contribution in [2.45, 2.75) is 43.6 Å². The van der Waals surface area contributed by atoms with Gasteiger partial charge in [0.25, 0.3) is 11.8 Å². The number of carboxylic acid groups (broad SMARTS) is 1. The molecule has 0 spiro atoms. The maximum atomic E-state index is 13.4. The Balaban J connectivity index is 0.000000437. The van der Waals surface area contributed by atoms with Crippen molar-refractivity contribution >= 4 is 61.4 Å². The lowest BCUT2D eigenvalue weighted by molar-refractivity contribution is -0.256. The average Bonchev–Trinajstić information content (AvgIpc) is 3.59. The molecule has 8 rings (SSSR count). The molecular weight excluding hydrogens is 617 g/mol. The van der Waals surface area contributed by atoms with Crippen molar-refractivity contribution in [2.75, 3.05) is 14.2 Å². The largest absolute Gasteiger partial charge is 0.508 e. The summed E-state index contributed by atoms with van der Waals surface area (Å²) in [5.41, 5.74) is 1.53. The zero-order valence-electron chi connectivity index (χ0n) is 24.2. The van der Waals surface area contributed by atoms with Gasteiger partial charge in [-0.15, -0.1) is 0 Å². The minimum Gasteiger partial charge on any atom is -0.508 e. The summed E-state index contributed by atoms with van der Waals surface area (Å²) in [6, 6.07) is 7.84. The highest BCUT2D eigenvalue weighted by atomic mass is 19.4. The standard InChI is InChI=1S/C28H24N4O7.C2HF3O2/c1-28-25(38-3)12(29-2)9-16(39-28)31-13-5-4-10(33)8-11(13)17-20-21(27(37)30-26(20)36)19-18-14(6-7-15(34)24(18)35)32(28)23(19)22(17)31;3-2(4,5)1(6)7/h4-8,12,16,25,29,33-35H,9H2,1-3H3,(H,30,36,37);(H,6,7)/t12-,16-,25-,28+;/m1./s1. The number of aromatic hydroxyl groups is 3. The van der Waals surface area contributed by atoms with E-state index in [1.54, 1.807) is 31.4 Å². The summed E-state index contributed by atoms with van der Waals surface area (Å²) in [6.07, 6.45) is -5.55. The first-order chi connectivity index (χ1) is 21.6. The number of nitrogens with one attached hydrogen (secondary N) is 2. The van der Waals surface area contributed by atoms with E-state index >= 15 is 0 Å². The van der Waals surface area contributed by atoms with Crippen molar-refractivity contribution in [3.63, 3.8) is 0 Å². The molecule has 3 aliphatic rings. The van der Waals surface area contributed by atoms with Gasteiger partial charge in [-0.05, 0) is 44.3 Å². The summed E-state index contributed by atoms with van der Waals surface area (Å²) in [5, 5.41) is 46.8. The molecule has 6 N–H and O–H groups in total. The number of ether oxygens (including phenoxy) is 2. The molecule has 0 saturated carbocycles. The van der Waals surface area contributed by atoms with Gasteiger partial charge >= 0.3 is 12.1 Å². The minimum absolute atomic E-state index is 0.0160. The fourth-order valence-corrected chi connectivity index (χ4v) is 7.40. The second-order valence-corrected chi connectivity index (χ2v) is 11.4. The number of imide groups is 1. The Labute approximate surface area is 255 Å². The van der Waals surface area contributed by atoms with E-state index in [1.807, 2.05) is 23.1 Å². The molecule has 2 aromatic heterocycles. The molecule has 16 heteroatoms. The number of halogens is 3. The molecule has 4 atom stereocenters. The molecule has 1 saturated heterocycles. The second-order valence-electron chi connectivity index (χ2n) is 11.4. The van der Waals surface area contributed by atoms with Gasteiger partial charge in [0.15, 0.2) is 17.2 Å². The first kappa shape index (κ1) is 29.6. The van der Waals surface area contributed by atoms with Crippen LogP contribution in [-0.2, 0) is 20.0 Å². The van der Waals surface area contributed by atoms with E-state index in [-0.39, 0.29) is 34.1 Å². The second kappa shape index (κ2) is 9.48. The third-order valence-electron chi connectivity index (χ3n) is 9.05. The van der Waals surface area contributed by atoms with Gasteiger partial charge in [-0.3, -0.25) is 14.9 Å². The van der Waals surface area contributed by atoms with E-state index in [0.717, 1.165) is 0 Å². The van der Waals surface area contributed by atoms with Crippen LogP contribution in [0.15, 0.2) is 30.3 Å². The summed E-state index contributed by atoms with van der Waals surface area (Å²) in [7, 11) is 3.47. The number of carbonyl (C=O) groups is 3. The summed E-state index contributed by atoms with van der Waals surface area (Å²) in [4.78, 5) is 35.7. The lowest BCUT2D eigenvalue weighted by Gasteiger charge is -2.48. The Bertz CT molecular complexity index is 2210. The summed E-state index contributed by atoms with van der Waals surface area (Å²) < 4.78 is 48.6. The number of nitrogens with zero attached hydrogens (tertiary/aromatic N) is 2. The molecule has 1 fully saturated rings. The topological polar surface area (TPSA) is 185 Å². The molecule has 3 aliphatic heterocycles. The van der Waals surface area contributed by atoms with Crippen molar-refractivity contribution in [3.8, 4) is 17.2 Å². The Hall–Kier alpha value is -5.06. The van der Waals surface area contributed by atoms with Gasteiger partial charge in [-0.25, -0.2) is 4.79 Å². The lowest BCUT2D eigenvalue weighted by atomic mass is 9.93. The van der Waals surface area contributed by atoms with Crippen LogP contribution in [-0.4, -0.2) is 79.8 Å². The van der Waals surface area contributed by atoms with Crippen molar-refractivity contribution in [3.05, 3.63) is 41.5 Å². The van der Waals surface area contributed by atoms with Crippen molar-refractivity contribution in [1.82, 2.24) is 19.8 Å². The van der Waals surface area contributed by atoms with Crippen molar-refractivity contribution in [1.29, 1.82) is 0 Å². The number of aromatic nitrogens is 2.